The lowest BCUT2D eigenvalue weighted by atomic mass is 9.81. The number of likely N-dealkylation sites (tertiary alicyclic amines) is 1. The minimum absolute atomic E-state index is 0.0544. The van der Waals surface area contributed by atoms with Crippen molar-refractivity contribution in [1.82, 2.24) is 10.2 Å². The molecule has 0 radical (unpaired) electrons. The van der Waals surface area contributed by atoms with Crippen LogP contribution in [0, 0.1) is 5.92 Å². The van der Waals surface area contributed by atoms with Crippen molar-refractivity contribution in [2.24, 2.45) is 5.92 Å². The number of ether oxygens (including phenoxy) is 1. The number of hydrogen-bond acceptors (Lipinski definition) is 5. The van der Waals surface area contributed by atoms with Crippen molar-refractivity contribution < 1.29 is 14.6 Å². The van der Waals surface area contributed by atoms with Crippen LogP contribution >= 0.6 is 11.3 Å². The Hall–Kier alpha value is -1.89. The van der Waals surface area contributed by atoms with Crippen molar-refractivity contribution in [1.29, 1.82) is 0 Å². The number of rotatable bonds is 6. The van der Waals surface area contributed by atoms with Crippen molar-refractivity contribution >= 4 is 17.2 Å². The highest BCUT2D eigenvalue weighted by atomic mass is 32.1. The van der Waals surface area contributed by atoms with Crippen molar-refractivity contribution in [3.05, 3.63) is 52.2 Å². The third-order valence-electron chi connectivity index (χ3n) is 6.69. The molecule has 162 valence electrons. The Labute approximate surface area is 183 Å². The molecule has 3 unspecified atom stereocenters. The standard InChI is InChI=1S/C24H32N2O3S/c1-24(28)13-14-26(16-17-9-11-19(29-2)12-10-17)21(20-8-5-15-30-20)22(24)25-23(27)18-6-3-4-7-18/h5,8-12,15,18,21-22,28H,3-4,6-7,13-14,16H2,1-2H3,(H,25,27). The van der Waals surface area contributed by atoms with E-state index in [4.69, 9.17) is 4.74 Å². The fourth-order valence-corrected chi connectivity index (χ4v) is 5.75. The number of nitrogens with one attached hydrogen (secondary N) is 1. The number of piperidine rings is 1. The van der Waals surface area contributed by atoms with E-state index in [9.17, 15) is 9.90 Å². The van der Waals surface area contributed by atoms with Gasteiger partial charge in [-0.1, -0.05) is 31.0 Å². The number of hydrogen-bond donors (Lipinski definition) is 2. The van der Waals surface area contributed by atoms with E-state index in [0.29, 0.717) is 6.42 Å². The maximum absolute atomic E-state index is 13.0. The van der Waals surface area contributed by atoms with Crippen LogP contribution in [0.4, 0.5) is 0 Å². The molecule has 0 spiro atoms. The molecule has 5 nitrogen and oxygen atoms in total. The summed E-state index contributed by atoms with van der Waals surface area (Å²) in [5, 5.41) is 16.6. The van der Waals surface area contributed by atoms with Gasteiger partial charge in [0, 0.05) is 23.9 Å². The molecule has 2 aromatic rings. The molecule has 6 heteroatoms. The van der Waals surface area contributed by atoms with E-state index < -0.39 is 5.60 Å². The van der Waals surface area contributed by atoms with Gasteiger partial charge in [0.1, 0.15) is 5.75 Å². The predicted molar refractivity (Wildman–Crippen MR) is 120 cm³/mol. The van der Waals surface area contributed by atoms with E-state index in [-0.39, 0.29) is 23.9 Å². The second-order valence-corrected chi connectivity index (χ2v) is 9.83. The van der Waals surface area contributed by atoms with Crippen molar-refractivity contribution in [3.8, 4) is 5.75 Å². The summed E-state index contributed by atoms with van der Waals surface area (Å²) in [6.45, 7) is 3.41. The number of benzene rings is 1. The van der Waals surface area contributed by atoms with Crippen LogP contribution in [0.25, 0.3) is 0 Å². The second kappa shape index (κ2) is 9.08. The Morgan fingerprint density at radius 3 is 2.63 bits per heavy atom. The van der Waals surface area contributed by atoms with Gasteiger partial charge >= 0.3 is 0 Å². The Balaban J connectivity index is 1.60. The van der Waals surface area contributed by atoms with Crippen molar-refractivity contribution in [2.75, 3.05) is 13.7 Å². The molecule has 2 N–H and O–H groups in total. The summed E-state index contributed by atoms with van der Waals surface area (Å²) in [7, 11) is 1.67. The van der Waals surface area contributed by atoms with Crippen LogP contribution in [0.3, 0.4) is 0 Å². The molecule has 2 heterocycles. The summed E-state index contributed by atoms with van der Waals surface area (Å²) in [4.78, 5) is 16.6. The molecule has 1 saturated carbocycles. The minimum atomic E-state index is -0.945. The second-order valence-electron chi connectivity index (χ2n) is 8.85. The quantitative estimate of drug-likeness (QED) is 0.726. The SMILES string of the molecule is COc1ccc(CN2CCC(C)(O)C(NC(=O)C3CCCC3)C2c2cccs2)cc1. The maximum atomic E-state index is 13.0. The molecule has 1 amide bonds. The number of aliphatic hydroxyl groups is 1. The van der Waals surface area contributed by atoms with E-state index >= 15 is 0 Å². The molecule has 3 atom stereocenters. The molecule has 1 aliphatic heterocycles. The Morgan fingerprint density at radius 2 is 2.00 bits per heavy atom. The number of thiophene rings is 1. The number of nitrogens with zero attached hydrogens (tertiary/aromatic N) is 1. The monoisotopic (exact) mass is 428 g/mol. The highest BCUT2D eigenvalue weighted by molar-refractivity contribution is 7.10. The Morgan fingerprint density at radius 1 is 1.27 bits per heavy atom. The van der Waals surface area contributed by atoms with Crippen LogP contribution in [0.5, 0.6) is 5.75 Å². The van der Waals surface area contributed by atoms with Gasteiger partial charge in [-0.3, -0.25) is 9.69 Å². The third-order valence-corrected chi connectivity index (χ3v) is 7.63. The number of carbonyl (C=O) groups excluding carboxylic acids is 1. The first-order valence-corrected chi connectivity index (χ1v) is 11.8. The summed E-state index contributed by atoms with van der Waals surface area (Å²) in [6, 6.07) is 11.9. The molecule has 1 saturated heterocycles. The van der Waals surface area contributed by atoms with Gasteiger partial charge in [0.2, 0.25) is 5.91 Å². The van der Waals surface area contributed by atoms with E-state index in [0.717, 1.165) is 44.5 Å². The summed E-state index contributed by atoms with van der Waals surface area (Å²) in [5.41, 5.74) is 0.249. The molecular weight excluding hydrogens is 396 g/mol. The summed E-state index contributed by atoms with van der Waals surface area (Å²) < 4.78 is 5.28. The van der Waals surface area contributed by atoms with E-state index in [2.05, 4.69) is 33.8 Å². The van der Waals surface area contributed by atoms with Gasteiger partial charge in [-0.2, -0.15) is 0 Å². The highest BCUT2D eigenvalue weighted by Crippen LogP contribution is 2.40. The average molecular weight is 429 g/mol. The van der Waals surface area contributed by atoms with E-state index in [1.807, 2.05) is 25.1 Å². The Kier molecular flexibility index (Phi) is 6.46. The molecule has 0 bridgehead atoms. The highest BCUT2D eigenvalue weighted by Gasteiger charge is 2.47. The smallest absolute Gasteiger partial charge is 0.223 e. The molecule has 2 fully saturated rings. The fourth-order valence-electron chi connectivity index (χ4n) is 4.86. The van der Waals surface area contributed by atoms with E-state index in [1.54, 1.807) is 18.4 Å². The molecule has 1 aliphatic carbocycles. The van der Waals surface area contributed by atoms with Gasteiger partial charge in [0.25, 0.3) is 0 Å². The van der Waals surface area contributed by atoms with Crippen LogP contribution < -0.4 is 10.1 Å². The topological polar surface area (TPSA) is 61.8 Å². The average Bonchev–Trinajstić information content (AvgIpc) is 3.45. The van der Waals surface area contributed by atoms with Gasteiger partial charge in [-0.25, -0.2) is 0 Å². The van der Waals surface area contributed by atoms with Crippen LogP contribution in [0.2, 0.25) is 0 Å². The van der Waals surface area contributed by atoms with Gasteiger partial charge in [0.15, 0.2) is 0 Å². The van der Waals surface area contributed by atoms with Crippen LogP contribution in [-0.4, -0.2) is 41.2 Å². The molecule has 1 aromatic carbocycles. The van der Waals surface area contributed by atoms with Crippen LogP contribution in [-0.2, 0) is 11.3 Å². The van der Waals surface area contributed by atoms with E-state index in [1.165, 1.54) is 10.4 Å². The van der Waals surface area contributed by atoms with Gasteiger partial charge < -0.3 is 15.2 Å². The van der Waals surface area contributed by atoms with Gasteiger partial charge in [0.05, 0.1) is 24.8 Å². The lowest BCUT2D eigenvalue weighted by Crippen LogP contribution is -2.62. The lowest BCUT2D eigenvalue weighted by Gasteiger charge is -2.49. The normalized spacial score (nSPS) is 27.8. The van der Waals surface area contributed by atoms with Crippen LogP contribution in [0.15, 0.2) is 41.8 Å². The number of amides is 1. The molecule has 2 aliphatic rings. The summed E-state index contributed by atoms with van der Waals surface area (Å²) in [6.07, 6.45) is 4.79. The first-order valence-electron chi connectivity index (χ1n) is 10.9. The lowest BCUT2D eigenvalue weighted by molar-refractivity contribution is -0.132. The summed E-state index contributed by atoms with van der Waals surface area (Å²) in [5.74, 6) is 1.03. The first-order chi connectivity index (χ1) is 14.5. The predicted octanol–water partition coefficient (Wildman–Crippen LogP) is 4.13. The van der Waals surface area contributed by atoms with Gasteiger partial charge in [-0.05, 0) is 55.3 Å². The largest absolute Gasteiger partial charge is 0.497 e. The maximum Gasteiger partial charge on any atom is 0.223 e. The number of carbonyl (C=O) groups is 1. The van der Waals surface area contributed by atoms with Crippen molar-refractivity contribution in [2.45, 2.75) is 63.3 Å². The van der Waals surface area contributed by atoms with Gasteiger partial charge in [-0.15, -0.1) is 11.3 Å². The molecular formula is C24H32N2O3S. The zero-order valence-corrected chi connectivity index (χ0v) is 18.7. The first kappa shape index (κ1) is 21.3. The van der Waals surface area contributed by atoms with Crippen LogP contribution in [0.1, 0.15) is 55.5 Å². The zero-order valence-electron chi connectivity index (χ0n) is 17.8. The molecule has 4 rings (SSSR count). The fraction of sp³-hybridized carbons (Fsp3) is 0.542. The third kappa shape index (κ3) is 4.56. The van der Waals surface area contributed by atoms with Crippen molar-refractivity contribution in [3.63, 3.8) is 0 Å². The molecule has 30 heavy (non-hydrogen) atoms. The zero-order chi connectivity index (χ0) is 21.1. The number of methoxy groups -OCH3 is 1. The summed E-state index contributed by atoms with van der Waals surface area (Å²) >= 11 is 1.69. The minimum Gasteiger partial charge on any atom is -0.497 e. The molecule has 1 aromatic heterocycles. The Bertz CT molecular complexity index is 829.